The van der Waals surface area contributed by atoms with Gasteiger partial charge in [0.2, 0.25) is 5.91 Å². The Morgan fingerprint density at radius 1 is 1.10 bits per heavy atom. The molecule has 0 saturated carbocycles. The Morgan fingerprint density at radius 2 is 1.85 bits per heavy atom. The fourth-order valence-electron chi connectivity index (χ4n) is 5.42. The number of carboxylic acids is 1. The van der Waals surface area contributed by atoms with E-state index in [1.54, 1.807) is 6.07 Å². The predicted molar refractivity (Wildman–Crippen MR) is 134 cm³/mol. The van der Waals surface area contributed by atoms with E-state index in [0.29, 0.717) is 23.1 Å². The highest BCUT2D eigenvalue weighted by atomic mass is 19.4. The summed E-state index contributed by atoms with van der Waals surface area (Å²) in [5.41, 5.74) is 2.29. The van der Waals surface area contributed by atoms with E-state index >= 15 is 4.39 Å². The number of carbonyl (C=O) groups excluding carboxylic acids is 2. The maximum Gasteiger partial charge on any atom is 0.422 e. The molecule has 2 aromatic carbocycles. The van der Waals surface area contributed by atoms with Crippen molar-refractivity contribution in [3.8, 4) is 5.75 Å². The van der Waals surface area contributed by atoms with Gasteiger partial charge in [0.15, 0.2) is 6.61 Å². The summed E-state index contributed by atoms with van der Waals surface area (Å²) >= 11 is 0. The number of alkyl halides is 3. The summed E-state index contributed by atoms with van der Waals surface area (Å²) in [6.07, 6.45) is -3.05. The fourth-order valence-corrected chi connectivity index (χ4v) is 5.42. The largest absolute Gasteiger partial charge is 0.484 e. The van der Waals surface area contributed by atoms with E-state index in [9.17, 15) is 27.6 Å². The van der Waals surface area contributed by atoms with Crippen molar-refractivity contribution in [2.45, 2.75) is 70.0 Å². The third-order valence-corrected chi connectivity index (χ3v) is 7.23. The number of benzene rings is 2. The summed E-state index contributed by atoms with van der Waals surface area (Å²) in [7, 11) is 0. The number of amides is 2. The molecule has 0 radical (unpaired) electrons. The zero-order chi connectivity index (χ0) is 28.5. The van der Waals surface area contributed by atoms with Crippen molar-refractivity contribution in [1.29, 1.82) is 0 Å². The van der Waals surface area contributed by atoms with Gasteiger partial charge in [-0.05, 0) is 77.6 Å². The molecule has 0 spiro atoms. The van der Waals surface area contributed by atoms with Crippen LogP contribution in [0.3, 0.4) is 0 Å². The second-order valence-corrected chi connectivity index (χ2v) is 10.6. The quantitative estimate of drug-likeness (QED) is 0.435. The van der Waals surface area contributed by atoms with Gasteiger partial charge in [0, 0.05) is 25.1 Å². The maximum atomic E-state index is 15.0. The SMILES string of the molecule is CC1(C)CCc2cc(NC(=O)C3c4ccc(OCC(F)(F)F)cc4CCN3C(=O)CCCC(=O)O)cc(F)c21. The topological polar surface area (TPSA) is 95.9 Å². The van der Waals surface area contributed by atoms with Crippen LogP contribution in [0.4, 0.5) is 23.2 Å². The highest BCUT2D eigenvalue weighted by Crippen LogP contribution is 2.41. The lowest BCUT2D eigenvalue weighted by molar-refractivity contribution is -0.153. The van der Waals surface area contributed by atoms with Crippen LogP contribution in [0.5, 0.6) is 5.75 Å². The number of fused-ring (bicyclic) bond motifs is 2. The molecule has 210 valence electrons. The number of rotatable bonds is 8. The van der Waals surface area contributed by atoms with Crippen molar-refractivity contribution in [1.82, 2.24) is 4.90 Å². The van der Waals surface area contributed by atoms with E-state index < -0.39 is 42.4 Å². The first kappa shape index (κ1) is 28.4. The molecule has 1 unspecified atom stereocenters. The highest BCUT2D eigenvalue weighted by Gasteiger charge is 2.37. The van der Waals surface area contributed by atoms with Gasteiger partial charge in [0.25, 0.3) is 5.91 Å². The van der Waals surface area contributed by atoms with E-state index in [-0.39, 0.29) is 49.1 Å². The van der Waals surface area contributed by atoms with Crippen molar-refractivity contribution in [2.24, 2.45) is 0 Å². The van der Waals surface area contributed by atoms with Crippen molar-refractivity contribution in [3.63, 3.8) is 0 Å². The zero-order valence-electron chi connectivity index (χ0n) is 21.7. The number of hydrogen-bond donors (Lipinski definition) is 2. The van der Waals surface area contributed by atoms with Crippen molar-refractivity contribution >= 4 is 23.5 Å². The Labute approximate surface area is 223 Å². The van der Waals surface area contributed by atoms with Crippen molar-refractivity contribution < 1.29 is 41.8 Å². The molecule has 39 heavy (non-hydrogen) atoms. The maximum absolute atomic E-state index is 15.0. The fraction of sp³-hybridized carbons (Fsp3) is 0.464. The van der Waals surface area contributed by atoms with Crippen LogP contribution in [-0.2, 0) is 32.6 Å². The highest BCUT2D eigenvalue weighted by molar-refractivity contribution is 5.98. The summed E-state index contributed by atoms with van der Waals surface area (Å²) in [5, 5.41) is 11.6. The smallest absolute Gasteiger partial charge is 0.422 e. The van der Waals surface area contributed by atoms with E-state index in [1.807, 2.05) is 13.8 Å². The molecule has 2 N–H and O–H groups in total. The number of nitrogens with zero attached hydrogens (tertiary/aromatic N) is 1. The summed E-state index contributed by atoms with van der Waals surface area (Å²) < 4.78 is 57.7. The van der Waals surface area contributed by atoms with Gasteiger partial charge >= 0.3 is 12.1 Å². The first-order valence-electron chi connectivity index (χ1n) is 12.7. The number of carboxylic acid groups (broad SMARTS) is 1. The normalized spacial score (nSPS) is 17.8. The van der Waals surface area contributed by atoms with Gasteiger partial charge in [0.05, 0.1) is 0 Å². The van der Waals surface area contributed by atoms with Crippen molar-refractivity contribution in [2.75, 3.05) is 18.5 Å². The number of nitrogens with one attached hydrogen (secondary N) is 1. The van der Waals surface area contributed by atoms with Crippen LogP contribution < -0.4 is 10.1 Å². The van der Waals surface area contributed by atoms with Crippen LogP contribution in [0.2, 0.25) is 0 Å². The molecule has 0 saturated heterocycles. The predicted octanol–water partition coefficient (Wildman–Crippen LogP) is 5.31. The van der Waals surface area contributed by atoms with Crippen LogP contribution in [0, 0.1) is 5.82 Å². The Morgan fingerprint density at radius 3 is 2.54 bits per heavy atom. The van der Waals surface area contributed by atoms with Crippen LogP contribution in [0.1, 0.15) is 67.8 Å². The minimum absolute atomic E-state index is 0.0187. The number of halogens is 4. The van der Waals surface area contributed by atoms with Gasteiger partial charge in [-0.3, -0.25) is 14.4 Å². The molecule has 0 aromatic heterocycles. The number of carbonyl (C=O) groups is 3. The first-order valence-corrected chi connectivity index (χ1v) is 12.7. The summed E-state index contributed by atoms with van der Waals surface area (Å²) in [6, 6.07) is 6.01. The van der Waals surface area contributed by atoms with Gasteiger partial charge in [0.1, 0.15) is 17.6 Å². The molecule has 0 bridgehead atoms. The average Bonchev–Trinajstić information content (AvgIpc) is 3.15. The standard InChI is InChI=1S/C28H30F4N2O5/c1-27(2)10-8-17-12-18(14-21(29)24(17)27)33-26(38)25-20-7-6-19(39-15-28(30,31)32)13-16(20)9-11-34(25)22(35)4-3-5-23(36)37/h6-7,12-14,25H,3-5,8-11,15H2,1-2H3,(H,33,38)(H,36,37). The molecule has 1 heterocycles. The van der Waals surface area contributed by atoms with Crippen LogP contribution in [0.15, 0.2) is 30.3 Å². The Bertz CT molecular complexity index is 1290. The van der Waals surface area contributed by atoms with Crippen LogP contribution >= 0.6 is 0 Å². The Hall–Kier alpha value is -3.63. The van der Waals surface area contributed by atoms with Gasteiger partial charge < -0.3 is 20.1 Å². The first-order chi connectivity index (χ1) is 18.2. The van der Waals surface area contributed by atoms with Gasteiger partial charge in [-0.2, -0.15) is 13.2 Å². The number of aliphatic carboxylic acids is 1. The second-order valence-electron chi connectivity index (χ2n) is 10.6. The molecule has 7 nitrogen and oxygen atoms in total. The number of hydrogen-bond acceptors (Lipinski definition) is 4. The van der Waals surface area contributed by atoms with E-state index in [0.717, 1.165) is 12.0 Å². The molecule has 1 atom stereocenters. The number of ether oxygens (including phenoxy) is 1. The van der Waals surface area contributed by atoms with Crippen molar-refractivity contribution in [3.05, 3.63) is 58.4 Å². The molecule has 1 aliphatic heterocycles. The molecule has 2 aliphatic rings. The van der Waals surface area contributed by atoms with Gasteiger partial charge in [-0.1, -0.05) is 19.9 Å². The van der Waals surface area contributed by atoms with Gasteiger partial charge in [-0.25, -0.2) is 4.39 Å². The van der Waals surface area contributed by atoms with E-state index in [1.165, 1.54) is 29.2 Å². The third-order valence-electron chi connectivity index (χ3n) is 7.23. The molecule has 0 fully saturated rings. The molecule has 11 heteroatoms. The number of aryl methyl sites for hydroxylation is 1. The summed E-state index contributed by atoms with van der Waals surface area (Å²) in [5.74, 6) is -2.53. The monoisotopic (exact) mass is 550 g/mol. The lowest BCUT2D eigenvalue weighted by Crippen LogP contribution is -2.45. The second kappa shape index (κ2) is 10.9. The average molecular weight is 551 g/mol. The lowest BCUT2D eigenvalue weighted by atomic mass is 9.86. The molecular formula is C28H30F4N2O5. The molecular weight excluding hydrogens is 520 g/mol. The molecule has 2 aromatic rings. The molecule has 1 aliphatic carbocycles. The minimum Gasteiger partial charge on any atom is -0.484 e. The molecule has 4 rings (SSSR count). The minimum atomic E-state index is -4.52. The van der Waals surface area contributed by atoms with E-state index in [4.69, 9.17) is 9.84 Å². The van der Waals surface area contributed by atoms with E-state index in [2.05, 4.69) is 5.32 Å². The zero-order valence-corrected chi connectivity index (χ0v) is 21.7. The van der Waals surface area contributed by atoms with Gasteiger partial charge in [-0.15, -0.1) is 0 Å². The van der Waals surface area contributed by atoms with Crippen LogP contribution in [0.25, 0.3) is 0 Å². The van der Waals surface area contributed by atoms with Crippen LogP contribution in [-0.4, -0.2) is 47.1 Å². The number of anilines is 1. The Kier molecular flexibility index (Phi) is 7.90. The third kappa shape index (κ3) is 6.51. The summed E-state index contributed by atoms with van der Waals surface area (Å²) in [6.45, 7) is 2.54. The Balaban J connectivity index is 1.62. The molecule has 2 amide bonds. The lowest BCUT2D eigenvalue weighted by Gasteiger charge is -2.36. The summed E-state index contributed by atoms with van der Waals surface area (Å²) in [4.78, 5) is 38.9.